The molecular formula is C34H38N4O2. The Morgan fingerprint density at radius 2 is 1.55 bits per heavy atom. The second kappa shape index (κ2) is 12.4. The second-order valence-electron chi connectivity index (χ2n) is 11.0. The van der Waals surface area contributed by atoms with Crippen LogP contribution in [0.5, 0.6) is 0 Å². The van der Waals surface area contributed by atoms with E-state index in [9.17, 15) is 9.59 Å². The molecule has 0 aliphatic carbocycles. The number of hydrogen-bond acceptors (Lipinski definition) is 3. The van der Waals surface area contributed by atoms with E-state index in [0.717, 1.165) is 48.3 Å². The summed E-state index contributed by atoms with van der Waals surface area (Å²) in [6, 6.07) is 26.8. The number of amides is 3. The molecule has 2 aliphatic rings. The van der Waals surface area contributed by atoms with Gasteiger partial charge in [-0.15, -0.1) is 0 Å². The summed E-state index contributed by atoms with van der Waals surface area (Å²) in [5.74, 6) is 6.79. The number of urea groups is 1. The van der Waals surface area contributed by atoms with Crippen LogP contribution in [0.3, 0.4) is 0 Å². The van der Waals surface area contributed by atoms with Crippen molar-refractivity contribution in [3.63, 3.8) is 0 Å². The number of benzene rings is 3. The molecule has 1 N–H and O–H groups in total. The van der Waals surface area contributed by atoms with Crippen molar-refractivity contribution in [2.75, 3.05) is 38.5 Å². The number of carbonyl (C=O) groups excluding carboxylic acids is 2. The van der Waals surface area contributed by atoms with Gasteiger partial charge in [0, 0.05) is 68.4 Å². The van der Waals surface area contributed by atoms with Gasteiger partial charge in [0.1, 0.15) is 0 Å². The molecule has 0 bridgehead atoms. The summed E-state index contributed by atoms with van der Waals surface area (Å²) < 4.78 is 0. The standard InChI is InChI=1S/C34H38N4O2/c1-25-11-19-30(20-12-25)35-34(40)37-21-7-8-22-38-31(23-36(3)26(2)39)33(32(38)24-37)29-17-15-28(16-18-29)14-13-27-9-5-4-6-10-27/h4-6,9-12,15-20,31-33H,7-8,21-24H2,1-3H3,(H,35,40)/t31-,32+,33+/m1/s1. The molecule has 6 heteroatoms. The highest BCUT2D eigenvalue weighted by molar-refractivity contribution is 5.89. The monoisotopic (exact) mass is 534 g/mol. The smallest absolute Gasteiger partial charge is 0.321 e. The van der Waals surface area contributed by atoms with Crippen LogP contribution in [0, 0.1) is 18.8 Å². The van der Waals surface area contributed by atoms with Crippen LogP contribution in [0.4, 0.5) is 10.5 Å². The molecule has 0 aromatic heterocycles. The third-order valence-corrected chi connectivity index (χ3v) is 8.19. The van der Waals surface area contributed by atoms with E-state index in [1.807, 2.05) is 78.4 Å². The highest BCUT2D eigenvalue weighted by Gasteiger charge is 2.50. The van der Waals surface area contributed by atoms with Gasteiger partial charge in [-0.05, 0) is 68.3 Å². The van der Waals surface area contributed by atoms with Crippen molar-refractivity contribution in [3.05, 3.63) is 101 Å². The number of carbonyl (C=O) groups is 2. The molecule has 0 unspecified atom stereocenters. The molecule has 2 fully saturated rings. The molecule has 3 aromatic rings. The maximum Gasteiger partial charge on any atom is 0.321 e. The molecule has 40 heavy (non-hydrogen) atoms. The number of nitrogens with one attached hydrogen (secondary N) is 1. The van der Waals surface area contributed by atoms with Crippen LogP contribution in [-0.4, -0.2) is 71.9 Å². The predicted molar refractivity (Wildman–Crippen MR) is 160 cm³/mol. The number of anilines is 1. The van der Waals surface area contributed by atoms with Gasteiger partial charge < -0.3 is 15.1 Å². The minimum atomic E-state index is -0.0553. The highest BCUT2D eigenvalue weighted by Crippen LogP contribution is 2.42. The Morgan fingerprint density at radius 3 is 2.23 bits per heavy atom. The molecule has 0 radical (unpaired) electrons. The Balaban J connectivity index is 1.37. The molecular weight excluding hydrogens is 496 g/mol. The summed E-state index contributed by atoms with van der Waals surface area (Å²) in [7, 11) is 1.88. The maximum absolute atomic E-state index is 13.3. The van der Waals surface area contributed by atoms with Crippen LogP contribution in [0.2, 0.25) is 0 Å². The van der Waals surface area contributed by atoms with Crippen molar-refractivity contribution in [2.24, 2.45) is 0 Å². The minimum Gasteiger partial charge on any atom is -0.344 e. The average Bonchev–Trinajstić information content (AvgIpc) is 2.95. The zero-order valence-electron chi connectivity index (χ0n) is 23.6. The van der Waals surface area contributed by atoms with E-state index in [4.69, 9.17) is 0 Å². The number of rotatable bonds is 4. The molecule has 206 valence electrons. The van der Waals surface area contributed by atoms with E-state index in [2.05, 4.69) is 46.3 Å². The molecule has 2 saturated heterocycles. The maximum atomic E-state index is 13.3. The van der Waals surface area contributed by atoms with Gasteiger partial charge >= 0.3 is 6.03 Å². The summed E-state index contributed by atoms with van der Waals surface area (Å²) in [5, 5.41) is 3.09. The lowest BCUT2D eigenvalue weighted by molar-refractivity contribution is -0.130. The Kier molecular flexibility index (Phi) is 8.52. The van der Waals surface area contributed by atoms with E-state index in [1.165, 1.54) is 5.56 Å². The van der Waals surface area contributed by atoms with Gasteiger partial charge in [0.25, 0.3) is 0 Å². The Bertz CT molecular complexity index is 1380. The minimum absolute atomic E-state index is 0.0553. The van der Waals surface area contributed by atoms with E-state index in [0.29, 0.717) is 13.1 Å². The summed E-state index contributed by atoms with van der Waals surface area (Å²) in [4.78, 5) is 31.8. The van der Waals surface area contributed by atoms with Crippen molar-refractivity contribution in [3.8, 4) is 11.8 Å². The molecule has 0 spiro atoms. The van der Waals surface area contributed by atoms with Crippen LogP contribution in [0.15, 0.2) is 78.9 Å². The van der Waals surface area contributed by atoms with Gasteiger partial charge in [-0.1, -0.05) is 59.9 Å². The van der Waals surface area contributed by atoms with Gasteiger partial charge in [0.15, 0.2) is 0 Å². The SMILES string of the molecule is CC(=O)N(C)C[C@@H]1[C@H](c2ccc(C#Cc3ccccc3)cc2)[C@@H]2CN(C(=O)Nc3ccc(C)cc3)CCCCN12. The molecule has 3 aromatic carbocycles. The Labute approximate surface area is 238 Å². The number of hydrogen-bond donors (Lipinski definition) is 1. The van der Waals surface area contributed by atoms with Crippen LogP contribution < -0.4 is 5.32 Å². The topological polar surface area (TPSA) is 55.9 Å². The van der Waals surface area contributed by atoms with Crippen molar-refractivity contribution in [2.45, 2.75) is 44.7 Å². The average molecular weight is 535 g/mol. The van der Waals surface area contributed by atoms with Gasteiger partial charge in [0.05, 0.1) is 0 Å². The first-order chi connectivity index (χ1) is 19.4. The molecule has 0 saturated carbocycles. The van der Waals surface area contributed by atoms with E-state index in [-0.39, 0.29) is 29.9 Å². The third kappa shape index (κ3) is 6.38. The first-order valence-electron chi connectivity index (χ1n) is 14.2. The van der Waals surface area contributed by atoms with Crippen molar-refractivity contribution in [1.82, 2.24) is 14.7 Å². The predicted octanol–water partition coefficient (Wildman–Crippen LogP) is 5.34. The van der Waals surface area contributed by atoms with Gasteiger partial charge in [-0.3, -0.25) is 9.69 Å². The van der Waals surface area contributed by atoms with Gasteiger partial charge in [-0.25, -0.2) is 4.79 Å². The molecule has 3 atom stereocenters. The van der Waals surface area contributed by atoms with E-state index in [1.54, 1.807) is 6.92 Å². The first kappa shape index (κ1) is 27.5. The lowest BCUT2D eigenvalue weighted by Gasteiger charge is -2.58. The fraction of sp³-hybridized carbons (Fsp3) is 0.353. The Hall–Kier alpha value is -4.08. The van der Waals surface area contributed by atoms with Crippen molar-refractivity contribution in [1.29, 1.82) is 0 Å². The molecule has 2 heterocycles. The first-order valence-corrected chi connectivity index (χ1v) is 14.2. The second-order valence-corrected chi connectivity index (χ2v) is 11.0. The molecule has 2 aliphatic heterocycles. The number of fused-ring (bicyclic) bond motifs is 1. The normalized spacial score (nSPS) is 20.6. The van der Waals surface area contributed by atoms with Gasteiger partial charge in [-0.2, -0.15) is 0 Å². The fourth-order valence-corrected chi connectivity index (χ4v) is 5.83. The number of likely N-dealkylation sites (N-methyl/N-ethyl adjacent to an activating group) is 1. The van der Waals surface area contributed by atoms with Crippen LogP contribution in [-0.2, 0) is 4.79 Å². The third-order valence-electron chi connectivity index (χ3n) is 8.19. The lowest BCUT2D eigenvalue weighted by Crippen LogP contribution is -2.69. The van der Waals surface area contributed by atoms with Gasteiger partial charge in [0.2, 0.25) is 5.91 Å². The summed E-state index contributed by atoms with van der Waals surface area (Å²) in [5.41, 5.74) is 5.17. The zero-order valence-corrected chi connectivity index (χ0v) is 23.6. The van der Waals surface area contributed by atoms with Crippen LogP contribution in [0.25, 0.3) is 0 Å². The molecule has 3 amide bonds. The van der Waals surface area contributed by atoms with Crippen molar-refractivity contribution >= 4 is 17.6 Å². The summed E-state index contributed by atoms with van der Waals surface area (Å²) in [6.45, 7) is 6.69. The van der Waals surface area contributed by atoms with Crippen molar-refractivity contribution < 1.29 is 9.59 Å². The number of aryl methyl sites for hydroxylation is 1. The highest BCUT2D eigenvalue weighted by atomic mass is 16.2. The van der Waals surface area contributed by atoms with E-state index >= 15 is 0 Å². The lowest BCUT2D eigenvalue weighted by atomic mass is 9.73. The molecule has 6 nitrogen and oxygen atoms in total. The van der Waals surface area contributed by atoms with Crippen LogP contribution in [0.1, 0.15) is 47.9 Å². The summed E-state index contributed by atoms with van der Waals surface area (Å²) in [6.07, 6.45) is 1.98. The zero-order chi connectivity index (χ0) is 28.1. The molecule has 5 rings (SSSR count). The summed E-state index contributed by atoms with van der Waals surface area (Å²) >= 11 is 0. The van der Waals surface area contributed by atoms with Crippen LogP contribution >= 0.6 is 0 Å². The quantitative estimate of drug-likeness (QED) is 0.460. The fourth-order valence-electron chi connectivity index (χ4n) is 5.83. The Morgan fingerprint density at radius 1 is 0.900 bits per heavy atom. The number of nitrogens with zero attached hydrogens (tertiary/aromatic N) is 3. The largest absolute Gasteiger partial charge is 0.344 e. The van der Waals surface area contributed by atoms with E-state index < -0.39 is 0 Å².